The van der Waals surface area contributed by atoms with Crippen LogP contribution in [0.15, 0.2) is 71.6 Å². The Hall–Kier alpha value is -3.58. The van der Waals surface area contributed by atoms with Crippen LogP contribution in [0.1, 0.15) is 31.4 Å². The number of amides is 2. The minimum Gasteiger partial charge on any atom is -0.488 e. The van der Waals surface area contributed by atoms with E-state index < -0.39 is 23.7 Å². The minimum atomic E-state index is -0.600. The summed E-state index contributed by atoms with van der Waals surface area (Å²) in [6, 6.07) is 21.5. The topological polar surface area (TPSA) is 72.9 Å². The lowest BCUT2D eigenvalue weighted by molar-refractivity contribution is -0.150. The van der Waals surface area contributed by atoms with Crippen molar-refractivity contribution in [2.75, 3.05) is 6.54 Å². The van der Waals surface area contributed by atoms with Crippen LogP contribution in [-0.2, 0) is 20.9 Å². The zero-order valence-corrected chi connectivity index (χ0v) is 19.8. The SMILES string of the molecule is CC[C@H](C)OC(=O)CN1C(=O)S/C(=C\c2ccccc2OCc2cccc3ccccc23)C1=O. The molecule has 7 heteroatoms. The number of esters is 1. The van der Waals surface area contributed by atoms with Crippen LogP contribution in [0.3, 0.4) is 0 Å². The van der Waals surface area contributed by atoms with Crippen LogP contribution in [0.2, 0.25) is 0 Å². The van der Waals surface area contributed by atoms with Gasteiger partial charge in [-0.1, -0.05) is 67.6 Å². The number of rotatable bonds is 8. The van der Waals surface area contributed by atoms with E-state index in [0.717, 1.165) is 33.0 Å². The largest absolute Gasteiger partial charge is 0.488 e. The highest BCUT2D eigenvalue weighted by molar-refractivity contribution is 8.18. The molecule has 0 bridgehead atoms. The molecule has 2 amide bonds. The van der Waals surface area contributed by atoms with Gasteiger partial charge in [0.2, 0.25) is 0 Å². The van der Waals surface area contributed by atoms with E-state index in [1.54, 1.807) is 13.0 Å². The molecule has 1 saturated heterocycles. The summed E-state index contributed by atoms with van der Waals surface area (Å²) in [7, 11) is 0. The summed E-state index contributed by atoms with van der Waals surface area (Å²) in [4.78, 5) is 38.4. The van der Waals surface area contributed by atoms with Crippen LogP contribution in [0.4, 0.5) is 4.79 Å². The summed E-state index contributed by atoms with van der Waals surface area (Å²) in [5.41, 5.74) is 1.73. The second kappa shape index (κ2) is 10.6. The molecular weight excluding hydrogens is 450 g/mol. The molecule has 0 saturated carbocycles. The van der Waals surface area contributed by atoms with Crippen molar-refractivity contribution >= 4 is 45.7 Å². The van der Waals surface area contributed by atoms with Gasteiger partial charge in [0, 0.05) is 5.56 Å². The third-order valence-corrected chi connectivity index (χ3v) is 6.44. The maximum atomic E-state index is 12.8. The highest BCUT2D eigenvalue weighted by atomic mass is 32.2. The van der Waals surface area contributed by atoms with Gasteiger partial charge in [0.1, 0.15) is 18.9 Å². The van der Waals surface area contributed by atoms with Gasteiger partial charge < -0.3 is 9.47 Å². The summed E-state index contributed by atoms with van der Waals surface area (Å²) in [5, 5.41) is 1.76. The van der Waals surface area contributed by atoms with Gasteiger partial charge in [-0.3, -0.25) is 19.3 Å². The molecule has 0 radical (unpaired) electrons. The van der Waals surface area contributed by atoms with E-state index in [9.17, 15) is 14.4 Å². The number of benzene rings is 3. The molecule has 1 aliphatic rings. The Bertz CT molecular complexity index is 1260. The van der Waals surface area contributed by atoms with Gasteiger partial charge in [0.05, 0.1) is 11.0 Å². The molecule has 1 heterocycles. The number of fused-ring (bicyclic) bond motifs is 1. The van der Waals surface area contributed by atoms with Crippen molar-refractivity contribution in [3.63, 3.8) is 0 Å². The Balaban J connectivity index is 1.50. The van der Waals surface area contributed by atoms with Gasteiger partial charge >= 0.3 is 5.97 Å². The van der Waals surface area contributed by atoms with Gasteiger partial charge in [-0.25, -0.2) is 0 Å². The lowest BCUT2D eigenvalue weighted by Crippen LogP contribution is -2.35. The molecule has 3 aromatic carbocycles. The molecule has 0 spiro atoms. The fourth-order valence-corrected chi connectivity index (χ4v) is 4.39. The van der Waals surface area contributed by atoms with E-state index in [-0.39, 0.29) is 11.0 Å². The first-order chi connectivity index (χ1) is 16.5. The maximum Gasteiger partial charge on any atom is 0.326 e. The van der Waals surface area contributed by atoms with E-state index in [0.29, 0.717) is 24.3 Å². The van der Waals surface area contributed by atoms with Gasteiger partial charge in [0.15, 0.2) is 0 Å². The van der Waals surface area contributed by atoms with Crippen molar-refractivity contribution in [2.45, 2.75) is 33.0 Å². The molecule has 6 nitrogen and oxygen atoms in total. The molecule has 174 valence electrons. The first-order valence-corrected chi connectivity index (χ1v) is 11.9. The van der Waals surface area contributed by atoms with Crippen LogP contribution in [0.5, 0.6) is 5.75 Å². The molecule has 0 N–H and O–H groups in total. The number of carbonyl (C=O) groups is 3. The summed E-state index contributed by atoms with van der Waals surface area (Å²) in [6.07, 6.45) is 2.01. The van der Waals surface area contributed by atoms with E-state index in [2.05, 4.69) is 18.2 Å². The number of para-hydroxylation sites is 1. The molecular formula is C27H25NO5S. The number of ether oxygens (including phenoxy) is 2. The lowest BCUT2D eigenvalue weighted by atomic mass is 10.1. The minimum absolute atomic E-state index is 0.238. The fourth-order valence-electron chi connectivity index (χ4n) is 3.56. The molecule has 1 fully saturated rings. The summed E-state index contributed by atoms with van der Waals surface area (Å²) < 4.78 is 11.3. The Kier molecular flexibility index (Phi) is 7.33. The highest BCUT2D eigenvalue weighted by Gasteiger charge is 2.37. The number of hydrogen-bond acceptors (Lipinski definition) is 6. The van der Waals surface area contributed by atoms with Crippen LogP contribution < -0.4 is 4.74 Å². The quantitative estimate of drug-likeness (QED) is 0.303. The number of hydrogen-bond donors (Lipinski definition) is 0. The Morgan fingerprint density at radius 2 is 1.76 bits per heavy atom. The summed E-state index contributed by atoms with van der Waals surface area (Å²) >= 11 is 0.804. The third kappa shape index (κ3) is 5.31. The first kappa shape index (κ1) is 23.6. The second-order valence-electron chi connectivity index (χ2n) is 7.94. The van der Waals surface area contributed by atoms with Crippen molar-refractivity contribution in [3.05, 3.63) is 82.8 Å². The van der Waals surface area contributed by atoms with E-state index >= 15 is 0 Å². The molecule has 0 aliphatic carbocycles. The number of thioether (sulfide) groups is 1. The van der Waals surface area contributed by atoms with Crippen molar-refractivity contribution in [1.29, 1.82) is 0 Å². The Morgan fingerprint density at radius 1 is 1.03 bits per heavy atom. The smallest absolute Gasteiger partial charge is 0.326 e. The van der Waals surface area contributed by atoms with Gasteiger partial charge in [-0.15, -0.1) is 0 Å². The van der Waals surface area contributed by atoms with Gasteiger partial charge in [0.25, 0.3) is 11.1 Å². The third-order valence-electron chi connectivity index (χ3n) is 5.54. The zero-order valence-electron chi connectivity index (χ0n) is 19.0. The van der Waals surface area contributed by atoms with Crippen molar-refractivity contribution in [3.8, 4) is 5.75 Å². The summed E-state index contributed by atoms with van der Waals surface area (Å²) in [5.74, 6) is -0.518. The number of nitrogens with zero attached hydrogens (tertiary/aromatic N) is 1. The average molecular weight is 476 g/mol. The molecule has 1 atom stereocenters. The van der Waals surface area contributed by atoms with Crippen molar-refractivity contribution in [2.24, 2.45) is 0 Å². The number of imide groups is 1. The average Bonchev–Trinajstić information content (AvgIpc) is 3.10. The van der Waals surface area contributed by atoms with Crippen molar-refractivity contribution in [1.82, 2.24) is 4.90 Å². The Morgan fingerprint density at radius 3 is 2.59 bits per heavy atom. The maximum absolute atomic E-state index is 12.8. The normalized spacial score (nSPS) is 15.7. The van der Waals surface area contributed by atoms with E-state index in [4.69, 9.17) is 9.47 Å². The molecule has 1 aliphatic heterocycles. The lowest BCUT2D eigenvalue weighted by Gasteiger charge is -2.15. The monoisotopic (exact) mass is 475 g/mol. The van der Waals surface area contributed by atoms with Crippen LogP contribution in [-0.4, -0.2) is 34.7 Å². The zero-order chi connectivity index (χ0) is 24.1. The van der Waals surface area contributed by atoms with Crippen molar-refractivity contribution < 1.29 is 23.9 Å². The van der Waals surface area contributed by atoms with E-state index in [1.807, 2.05) is 55.5 Å². The molecule has 4 rings (SSSR count). The highest BCUT2D eigenvalue weighted by Crippen LogP contribution is 2.34. The Labute approximate surface area is 202 Å². The van der Waals surface area contributed by atoms with Crippen LogP contribution in [0, 0.1) is 0 Å². The predicted molar refractivity (Wildman–Crippen MR) is 133 cm³/mol. The molecule has 3 aromatic rings. The standard InChI is InChI=1S/C27H25NO5S/c1-3-18(2)33-25(29)16-28-26(30)24(34-27(28)31)15-20-10-5-7-14-23(20)32-17-21-12-8-11-19-9-4-6-13-22(19)21/h4-15,18H,3,16-17H2,1-2H3/b24-15-/t18-/m0/s1. The summed E-state index contributed by atoms with van der Waals surface area (Å²) in [6.45, 7) is 3.61. The molecule has 34 heavy (non-hydrogen) atoms. The predicted octanol–water partition coefficient (Wildman–Crippen LogP) is 5.80. The molecule has 0 aromatic heterocycles. The number of carbonyl (C=O) groups excluding carboxylic acids is 3. The van der Waals surface area contributed by atoms with Gasteiger partial charge in [-0.2, -0.15) is 0 Å². The molecule has 0 unspecified atom stereocenters. The fraction of sp³-hybridized carbons (Fsp3) is 0.222. The van der Waals surface area contributed by atoms with E-state index in [1.165, 1.54) is 0 Å². The second-order valence-corrected chi connectivity index (χ2v) is 8.93. The van der Waals surface area contributed by atoms with Crippen LogP contribution >= 0.6 is 11.8 Å². The van der Waals surface area contributed by atoms with Crippen LogP contribution in [0.25, 0.3) is 16.8 Å². The first-order valence-electron chi connectivity index (χ1n) is 11.1. The van der Waals surface area contributed by atoms with Gasteiger partial charge in [-0.05, 0) is 53.6 Å².